The van der Waals surface area contributed by atoms with Crippen molar-refractivity contribution in [3.05, 3.63) is 29.8 Å². The largest absolute Gasteiger partial charge is 0.491 e. The third kappa shape index (κ3) is 14.5. The molecule has 0 spiro atoms. The standard InChI is InChI=1S/C23H37NO4/c1-20(2)24-12-13-25-14-15-26-16-17-27-18-19-28-22-8-6-21(7-9-22)10-11-23(3,4)5/h6-9,20,24H,12-19H2,1-5H3. The summed E-state index contributed by atoms with van der Waals surface area (Å²) in [6.07, 6.45) is 0. The molecule has 0 aliphatic heterocycles. The van der Waals surface area contributed by atoms with E-state index in [1.807, 2.05) is 24.3 Å². The molecule has 158 valence electrons. The highest BCUT2D eigenvalue weighted by molar-refractivity contribution is 5.38. The molecule has 0 aliphatic carbocycles. The molecule has 0 saturated heterocycles. The van der Waals surface area contributed by atoms with Gasteiger partial charge >= 0.3 is 0 Å². The minimum absolute atomic E-state index is 0.00812. The average Bonchev–Trinajstić information content (AvgIpc) is 2.64. The van der Waals surface area contributed by atoms with Crippen molar-refractivity contribution >= 4 is 0 Å². The van der Waals surface area contributed by atoms with Gasteiger partial charge in [-0.3, -0.25) is 0 Å². The lowest BCUT2D eigenvalue weighted by Crippen LogP contribution is -2.27. The number of hydrogen-bond donors (Lipinski definition) is 1. The van der Waals surface area contributed by atoms with E-state index in [0.29, 0.717) is 52.3 Å². The van der Waals surface area contributed by atoms with Gasteiger partial charge < -0.3 is 24.3 Å². The molecule has 28 heavy (non-hydrogen) atoms. The molecule has 0 atom stereocenters. The Hall–Kier alpha value is -1.58. The van der Waals surface area contributed by atoms with Crippen LogP contribution in [-0.4, -0.2) is 58.8 Å². The first-order valence-electron chi connectivity index (χ1n) is 10.1. The van der Waals surface area contributed by atoms with Crippen LogP contribution in [0.1, 0.15) is 40.2 Å². The van der Waals surface area contributed by atoms with Crippen LogP contribution < -0.4 is 10.1 Å². The van der Waals surface area contributed by atoms with E-state index >= 15 is 0 Å². The van der Waals surface area contributed by atoms with Crippen molar-refractivity contribution in [3.8, 4) is 17.6 Å². The van der Waals surface area contributed by atoms with Gasteiger partial charge in [0.2, 0.25) is 0 Å². The van der Waals surface area contributed by atoms with E-state index in [1.54, 1.807) is 0 Å². The fraction of sp³-hybridized carbons (Fsp3) is 0.652. The third-order valence-corrected chi connectivity index (χ3v) is 3.48. The summed E-state index contributed by atoms with van der Waals surface area (Å²) in [6, 6.07) is 8.32. The van der Waals surface area contributed by atoms with Crippen LogP contribution in [-0.2, 0) is 14.2 Å². The summed E-state index contributed by atoms with van der Waals surface area (Å²) in [6.45, 7) is 15.5. The first-order valence-corrected chi connectivity index (χ1v) is 10.1. The summed E-state index contributed by atoms with van der Waals surface area (Å²) in [5.74, 6) is 7.22. The van der Waals surface area contributed by atoms with Crippen LogP contribution in [0, 0.1) is 17.3 Å². The lowest BCUT2D eigenvalue weighted by Gasteiger charge is -2.09. The molecule has 1 aromatic rings. The van der Waals surface area contributed by atoms with E-state index in [-0.39, 0.29) is 5.41 Å². The maximum Gasteiger partial charge on any atom is 0.119 e. The molecule has 0 amide bonds. The second-order valence-electron chi connectivity index (χ2n) is 7.82. The molecule has 1 aromatic carbocycles. The Morgan fingerprint density at radius 1 is 0.821 bits per heavy atom. The fourth-order valence-electron chi connectivity index (χ4n) is 2.07. The predicted octanol–water partition coefficient (Wildman–Crippen LogP) is 3.51. The number of hydrogen-bond acceptors (Lipinski definition) is 5. The minimum atomic E-state index is 0.00812. The Kier molecular flexibility index (Phi) is 12.6. The normalized spacial score (nSPS) is 11.4. The van der Waals surface area contributed by atoms with Crippen molar-refractivity contribution < 1.29 is 18.9 Å². The summed E-state index contributed by atoms with van der Waals surface area (Å²) >= 11 is 0. The highest BCUT2D eigenvalue weighted by Crippen LogP contribution is 2.13. The maximum absolute atomic E-state index is 5.67. The van der Waals surface area contributed by atoms with Crippen molar-refractivity contribution in [1.29, 1.82) is 0 Å². The van der Waals surface area contributed by atoms with Crippen LogP contribution in [0.5, 0.6) is 5.75 Å². The topological polar surface area (TPSA) is 49.0 Å². The number of rotatable bonds is 14. The maximum atomic E-state index is 5.67. The van der Waals surface area contributed by atoms with Gasteiger partial charge in [-0.25, -0.2) is 0 Å². The van der Waals surface area contributed by atoms with Gasteiger partial charge in [0.05, 0.1) is 39.6 Å². The van der Waals surface area contributed by atoms with Gasteiger partial charge in [-0.15, -0.1) is 0 Å². The van der Waals surface area contributed by atoms with Crippen LogP contribution in [0.25, 0.3) is 0 Å². The Bertz CT molecular complexity index is 567. The van der Waals surface area contributed by atoms with E-state index < -0.39 is 0 Å². The highest BCUT2D eigenvalue weighted by atomic mass is 16.6. The molecular weight excluding hydrogens is 354 g/mol. The zero-order valence-corrected chi connectivity index (χ0v) is 18.2. The molecule has 0 saturated carbocycles. The summed E-state index contributed by atoms with van der Waals surface area (Å²) in [4.78, 5) is 0. The second-order valence-corrected chi connectivity index (χ2v) is 7.82. The van der Waals surface area contributed by atoms with Gasteiger partial charge in [0.15, 0.2) is 0 Å². The average molecular weight is 392 g/mol. The molecule has 1 rings (SSSR count). The minimum Gasteiger partial charge on any atom is -0.491 e. The van der Waals surface area contributed by atoms with E-state index in [2.05, 4.69) is 51.8 Å². The molecule has 5 nitrogen and oxygen atoms in total. The van der Waals surface area contributed by atoms with Gasteiger partial charge in [0, 0.05) is 23.6 Å². The first kappa shape index (κ1) is 24.5. The van der Waals surface area contributed by atoms with Crippen LogP contribution in [0.4, 0.5) is 0 Å². The van der Waals surface area contributed by atoms with E-state index in [9.17, 15) is 0 Å². The van der Waals surface area contributed by atoms with Crippen LogP contribution in [0.2, 0.25) is 0 Å². The Morgan fingerprint density at radius 3 is 1.89 bits per heavy atom. The van der Waals surface area contributed by atoms with Crippen LogP contribution in [0.3, 0.4) is 0 Å². The SMILES string of the molecule is CC(C)NCCOCCOCCOCCOc1ccc(C#CC(C)(C)C)cc1. The summed E-state index contributed by atoms with van der Waals surface area (Å²) in [5, 5.41) is 3.30. The number of ether oxygens (including phenoxy) is 4. The predicted molar refractivity (Wildman–Crippen MR) is 114 cm³/mol. The Morgan fingerprint density at radius 2 is 1.36 bits per heavy atom. The smallest absolute Gasteiger partial charge is 0.119 e. The van der Waals surface area contributed by atoms with Crippen molar-refractivity contribution in [2.24, 2.45) is 5.41 Å². The zero-order chi connectivity index (χ0) is 20.7. The molecule has 0 bridgehead atoms. The van der Waals surface area contributed by atoms with Gasteiger partial charge in [0.1, 0.15) is 12.4 Å². The highest BCUT2D eigenvalue weighted by Gasteiger charge is 2.03. The Balaban J connectivity index is 1.97. The molecular formula is C23H37NO4. The molecule has 5 heteroatoms. The van der Waals surface area contributed by atoms with Gasteiger partial charge in [0.25, 0.3) is 0 Å². The monoisotopic (exact) mass is 391 g/mol. The molecule has 0 radical (unpaired) electrons. The summed E-state index contributed by atoms with van der Waals surface area (Å²) < 4.78 is 22.1. The Labute approximate surface area is 171 Å². The van der Waals surface area contributed by atoms with Crippen molar-refractivity contribution in [2.45, 2.75) is 40.7 Å². The van der Waals surface area contributed by atoms with Gasteiger partial charge in [-0.2, -0.15) is 0 Å². The van der Waals surface area contributed by atoms with Gasteiger partial charge in [-0.1, -0.05) is 25.7 Å². The summed E-state index contributed by atoms with van der Waals surface area (Å²) in [7, 11) is 0. The lowest BCUT2D eigenvalue weighted by molar-refractivity contribution is 0.00971. The van der Waals surface area contributed by atoms with Crippen molar-refractivity contribution in [2.75, 3.05) is 52.8 Å². The fourth-order valence-corrected chi connectivity index (χ4v) is 2.07. The van der Waals surface area contributed by atoms with E-state index in [1.165, 1.54) is 0 Å². The van der Waals surface area contributed by atoms with Crippen LogP contribution >= 0.6 is 0 Å². The molecule has 0 aliphatic rings. The van der Waals surface area contributed by atoms with E-state index in [0.717, 1.165) is 17.9 Å². The van der Waals surface area contributed by atoms with Crippen molar-refractivity contribution in [3.63, 3.8) is 0 Å². The third-order valence-electron chi connectivity index (χ3n) is 3.48. The van der Waals surface area contributed by atoms with E-state index in [4.69, 9.17) is 18.9 Å². The van der Waals surface area contributed by atoms with Gasteiger partial charge in [-0.05, 0) is 45.0 Å². The van der Waals surface area contributed by atoms with Crippen molar-refractivity contribution in [1.82, 2.24) is 5.32 Å². The number of nitrogens with one attached hydrogen (secondary N) is 1. The molecule has 0 heterocycles. The molecule has 0 fully saturated rings. The van der Waals surface area contributed by atoms with Crippen LogP contribution in [0.15, 0.2) is 24.3 Å². The summed E-state index contributed by atoms with van der Waals surface area (Å²) in [5.41, 5.74) is 1.00. The quantitative estimate of drug-likeness (QED) is 0.388. The molecule has 1 N–H and O–H groups in total. The number of benzene rings is 1. The zero-order valence-electron chi connectivity index (χ0n) is 18.2. The first-order chi connectivity index (χ1) is 13.4. The molecule has 0 aromatic heterocycles. The lowest BCUT2D eigenvalue weighted by atomic mass is 9.97. The second kappa shape index (κ2) is 14.4. The molecule has 0 unspecified atom stereocenters.